The molecule has 3 atom stereocenters. The van der Waals surface area contributed by atoms with Crippen molar-refractivity contribution >= 4 is 58.2 Å². The molecule has 48 heavy (non-hydrogen) atoms. The molecule has 5 rings (SSSR count). The molecule has 0 bridgehead atoms. The molecule has 3 amide bonds. The minimum Gasteiger partial charge on any atom is -0.494 e. The van der Waals surface area contributed by atoms with E-state index in [0.717, 1.165) is 16.8 Å². The van der Waals surface area contributed by atoms with Gasteiger partial charge in [0.2, 0.25) is 17.7 Å². The van der Waals surface area contributed by atoms with Gasteiger partial charge >= 0.3 is 0 Å². The zero-order valence-corrected chi connectivity index (χ0v) is 29.0. The molecule has 4 aromatic rings. The molecule has 3 unspecified atom stereocenters. The number of aromatic nitrogens is 2. The molecule has 11 nitrogen and oxygen atoms in total. The number of hydrogen-bond acceptors (Lipinski definition) is 8. The molecule has 0 saturated carbocycles. The number of carbonyl (C=O) groups excluding carboxylic acids is 3. The van der Waals surface area contributed by atoms with Gasteiger partial charge in [-0.15, -0.1) is 12.4 Å². The summed E-state index contributed by atoms with van der Waals surface area (Å²) in [6.07, 6.45) is 2.64. The number of rotatable bonds is 10. The zero-order chi connectivity index (χ0) is 33.7. The number of likely N-dealkylation sites (tertiary alicyclic amines) is 1. The summed E-state index contributed by atoms with van der Waals surface area (Å²) in [7, 11) is 3.22. The van der Waals surface area contributed by atoms with Crippen molar-refractivity contribution in [2.24, 2.45) is 5.41 Å². The van der Waals surface area contributed by atoms with Crippen molar-refractivity contribution in [3.8, 4) is 16.9 Å². The van der Waals surface area contributed by atoms with Crippen LogP contribution < -0.4 is 26.0 Å². The molecule has 2 heterocycles. The Kier molecular flexibility index (Phi) is 11.6. The van der Waals surface area contributed by atoms with Crippen molar-refractivity contribution in [3.05, 3.63) is 73.1 Å². The normalized spacial score (nSPS) is 15.6. The van der Waals surface area contributed by atoms with Crippen LogP contribution in [0.3, 0.4) is 0 Å². The third kappa shape index (κ3) is 8.03. The van der Waals surface area contributed by atoms with E-state index < -0.39 is 23.5 Å². The van der Waals surface area contributed by atoms with Crippen molar-refractivity contribution in [3.63, 3.8) is 0 Å². The second-order valence-electron chi connectivity index (χ2n) is 12.9. The smallest absolute Gasteiger partial charge is 0.247 e. The van der Waals surface area contributed by atoms with E-state index in [9.17, 15) is 14.4 Å². The Morgan fingerprint density at radius 1 is 0.979 bits per heavy atom. The molecule has 0 spiro atoms. The van der Waals surface area contributed by atoms with Crippen molar-refractivity contribution in [1.29, 1.82) is 0 Å². The van der Waals surface area contributed by atoms with E-state index in [1.165, 1.54) is 13.4 Å². The lowest BCUT2D eigenvalue weighted by Gasteiger charge is -2.36. The predicted octanol–water partition coefficient (Wildman–Crippen LogP) is 5.54. The topological polar surface area (TPSA) is 138 Å². The lowest BCUT2D eigenvalue weighted by molar-refractivity contribution is -0.143. The van der Waals surface area contributed by atoms with Gasteiger partial charge in [-0.25, -0.2) is 9.97 Å². The number of halogens is 1. The van der Waals surface area contributed by atoms with E-state index >= 15 is 0 Å². The first-order chi connectivity index (χ1) is 22.5. The van der Waals surface area contributed by atoms with E-state index in [-0.39, 0.29) is 30.1 Å². The molecule has 12 heteroatoms. The molecular formula is C36H44ClN7O4. The van der Waals surface area contributed by atoms with Gasteiger partial charge in [-0.3, -0.25) is 14.4 Å². The van der Waals surface area contributed by atoms with Gasteiger partial charge in [-0.05, 0) is 61.6 Å². The van der Waals surface area contributed by atoms with Crippen molar-refractivity contribution < 1.29 is 19.1 Å². The maximum atomic E-state index is 13.9. The number of ether oxygens (including phenoxy) is 1. The van der Waals surface area contributed by atoms with Crippen LogP contribution in [0.1, 0.15) is 40.5 Å². The minimum absolute atomic E-state index is 0. The van der Waals surface area contributed by atoms with Crippen LogP contribution in [0.15, 0.2) is 73.1 Å². The van der Waals surface area contributed by atoms with Crippen LogP contribution >= 0.6 is 12.4 Å². The predicted molar refractivity (Wildman–Crippen MR) is 192 cm³/mol. The number of nitrogens with one attached hydrogen (secondary N) is 4. The molecule has 4 N–H and O–H groups in total. The highest BCUT2D eigenvalue weighted by atomic mass is 35.5. The summed E-state index contributed by atoms with van der Waals surface area (Å²) in [5, 5.41) is 12.9. The largest absolute Gasteiger partial charge is 0.494 e. The van der Waals surface area contributed by atoms with Crippen LogP contribution in [0.4, 0.5) is 17.2 Å². The van der Waals surface area contributed by atoms with Crippen molar-refractivity contribution in [1.82, 2.24) is 25.5 Å². The Balaban J connectivity index is 0.00000520. The van der Waals surface area contributed by atoms with Crippen LogP contribution in [0.25, 0.3) is 22.0 Å². The Hall–Kier alpha value is -4.74. The highest BCUT2D eigenvalue weighted by molar-refractivity contribution is 6.03. The average molecular weight is 674 g/mol. The highest BCUT2D eigenvalue weighted by Gasteiger charge is 2.42. The molecule has 1 aliphatic rings. The number of anilines is 3. The van der Waals surface area contributed by atoms with Crippen LogP contribution in [0, 0.1) is 5.41 Å². The zero-order valence-electron chi connectivity index (χ0n) is 28.2. The fourth-order valence-electron chi connectivity index (χ4n) is 5.70. The number of amides is 3. The molecular weight excluding hydrogens is 630 g/mol. The summed E-state index contributed by atoms with van der Waals surface area (Å²) >= 11 is 0. The molecule has 1 saturated heterocycles. The molecule has 254 valence electrons. The third-order valence-electron chi connectivity index (χ3n) is 8.53. The summed E-state index contributed by atoms with van der Waals surface area (Å²) in [4.78, 5) is 50.9. The van der Waals surface area contributed by atoms with E-state index in [0.29, 0.717) is 47.5 Å². The summed E-state index contributed by atoms with van der Waals surface area (Å²) in [5.41, 5.74) is 3.57. The second-order valence-corrected chi connectivity index (χ2v) is 12.9. The lowest BCUT2D eigenvalue weighted by atomic mass is 9.85. The number of hydrogen-bond donors (Lipinski definition) is 4. The maximum Gasteiger partial charge on any atom is 0.247 e. The standard InChI is InChI=1S/C36H43N7O4.ClH/c1-22(37-5)33(44)42-31(36(2,3)4)35(46)43-18-10-13-29(43)34(45)41-28-19-26-27(20-30(28)47-6)38-21-39-32(26)40-25-16-14-24(15-17-25)23-11-8-7-9-12-23;/h7-9,11-12,14-17,19-22,29,31,37H,10,13,18H2,1-6H3,(H,41,45)(H,42,44)(H,38,39,40);1H. The van der Waals surface area contributed by atoms with Crippen LogP contribution in [-0.4, -0.2) is 71.4 Å². The van der Waals surface area contributed by atoms with Gasteiger partial charge in [-0.2, -0.15) is 0 Å². The van der Waals surface area contributed by atoms with Gasteiger partial charge < -0.3 is 30.9 Å². The number of methoxy groups -OCH3 is 1. The summed E-state index contributed by atoms with van der Waals surface area (Å²) in [6, 6.07) is 19.8. The van der Waals surface area contributed by atoms with Gasteiger partial charge in [0.05, 0.1) is 24.4 Å². The Bertz CT molecular complexity index is 1750. The monoisotopic (exact) mass is 673 g/mol. The number of carbonyl (C=O) groups is 3. The summed E-state index contributed by atoms with van der Waals surface area (Å²) in [5.74, 6) is 0.104. The summed E-state index contributed by atoms with van der Waals surface area (Å²) < 4.78 is 5.63. The quantitative estimate of drug-likeness (QED) is 0.172. The first-order valence-corrected chi connectivity index (χ1v) is 15.8. The number of fused-ring (bicyclic) bond motifs is 1. The first kappa shape index (κ1) is 36.1. The Labute approximate surface area is 287 Å². The molecule has 1 aromatic heterocycles. The van der Waals surface area contributed by atoms with E-state index in [2.05, 4.69) is 43.4 Å². The van der Waals surface area contributed by atoms with Gasteiger partial charge in [0.15, 0.2) is 0 Å². The lowest BCUT2D eigenvalue weighted by Crippen LogP contribution is -2.59. The third-order valence-corrected chi connectivity index (χ3v) is 8.53. The van der Waals surface area contributed by atoms with Crippen LogP contribution in [0.5, 0.6) is 5.75 Å². The van der Waals surface area contributed by atoms with Gasteiger partial charge in [0, 0.05) is 23.7 Å². The van der Waals surface area contributed by atoms with Gasteiger partial charge in [0.1, 0.15) is 30.0 Å². The van der Waals surface area contributed by atoms with Crippen LogP contribution in [0.2, 0.25) is 0 Å². The molecule has 1 aliphatic heterocycles. The van der Waals surface area contributed by atoms with E-state index in [1.54, 1.807) is 31.0 Å². The number of benzene rings is 3. The van der Waals surface area contributed by atoms with Crippen molar-refractivity contribution in [2.45, 2.75) is 58.7 Å². The van der Waals surface area contributed by atoms with E-state index in [4.69, 9.17) is 4.74 Å². The number of nitrogens with zero attached hydrogens (tertiary/aromatic N) is 3. The minimum atomic E-state index is -0.804. The Morgan fingerprint density at radius 3 is 2.31 bits per heavy atom. The fraction of sp³-hybridized carbons (Fsp3) is 0.361. The first-order valence-electron chi connectivity index (χ1n) is 15.8. The SMILES string of the molecule is CNC(C)C(=O)NC(C(=O)N1CCCC1C(=O)Nc1cc2c(Nc3ccc(-c4ccccc4)cc3)ncnc2cc1OC)C(C)(C)C.Cl. The molecule has 1 fully saturated rings. The van der Waals surface area contributed by atoms with Gasteiger partial charge in [-0.1, -0.05) is 63.2 Å². The van der Waals surface area contributed by atoms with Gasteiger partial charge in [0.25, 0.3) is 0 Å². The summed E-state index contributed by atoms with van der Waals surface area (Å²) in [6.45, 7) is 7.85. The van der Waals surface area contributed by atoms with Crippen molar-refractivity contribution in [2.75, 3.05) is 31.3 Å². The average Bonchev–Trinajstić information content (AvgIpc) is 3.57. The molecule has 0 radical (unpaired) electrons. The fourth-order valence-corrected chi connectivity index (χ4v) is 5.70. The molecule has 3 aromatic carbocycles. The second kappa shape index (κ2) is 15.4. The van der Waals surface area contributed by atoms with E-state index in [1.807, 2.05) is 63.2 Å². The maximum absolute atomic E-state index is 13.9. The highest BCUT2D eigenvalue weighted by Crippen LogP contribution is 2.34. The molecule has 0 aliphatic carbocycles. The van der Waals surface area contributed by atoms with Crippen LogP contribution in [-0.2, 0) is 14.4 Å². The number of likely N-dealkylation sites (N-methyl/N-ethyl adjacent to an activating group) is 1. The Morgan fingerprint density at radius 2 is 1.67 bits per heavy atom.